The van der Waals surface area contributed by atoms with Crippen molar-refractivity contribution in [2.45, 2.75) is 38.1 Å². The van der Waals surface area contributed by atoms with Crippen molar-refractivity contribution in [3.05, 3.63) is 33.3 Å². The van der Waals surface area contributed by atoms with Crippen LogP contribution < -0.4 is 0 Å². The highest BCUT2D eigenvalue weighted by atomic mass is 35.5. The summed E-state index contributed by atoms with van der Waals surface area (Å²) in [4.78, 5) is 13.3. The van der Waals surface area contributed by atoms with Crippen LogP contribution in [0.15, 0.2) is 12.1 Å². The number of carboxylic acids is 1. The first kappa shape index (κ1) is 15.1. The Hall–Kier alpha value is -0.770. The van der Waals surface area contributed by atoms with Crippen molar-refractivity contribution in [2.75, 3.05) is 13.1 Å². The van der Waals surface area contributed by atoms with Gasteiger partial charge in [0.1, 0.15) is 0 Å². The molecule has 1 aliphatic carbocycles. The molecule has 1 heterocycles. The quantitative estimate of drug-likeness (QED) is 0.902. The molecule has 1 N–H and O–H groups in total. The Morgan fingerprint density at radius 3 is 2.48 bits per heavy atom. The molecule has 1 aromatic carbocycles. The summed E-state index contributed by atoms with van der Waals surface area (Å²) >= 11 is 12.8. The molecule has 1 saturated heterocycles. The topological polar surface area (TPSA) is 40.5 Å². The van der Waals surface area contributed by atoms with Crippen LogP contribution in [0, 0.1) is 5.92 Å². The van der Waals surface area contributed by atoms with Crippen LogP contribution >= 0.6 is 23.2 Å². The molecule has 21 heavy (non-hydrogen) atoms. The Bertz CT molecular complexity index is 549. The number of hydrogen-bond donors (Lipinski definition) is 1. The third kappa shape index (κ3) is 3.05. The van der Waals surface area contributed by atoms with Crippen molar-refractivity contribution in [3.8, 4) is 0 Å². The van der Waals surface area contributed by atoms with Gasteiger partial charge in [-0.15, -0.1) is 0 Å². The molecule has 3 nitrogen and oxygen atoms in total. The lowest BCUT2D eigenvalue weighted by Gasteiger charge is -2.33. The molecular weight excluding hydrogens is 309 g/mol. The number of rotatable bonds is 4. The predicted molar refractivity (Wildman–Crippen MR) is 84.1 cm³/mol. The SMILES string of the molecule is O=C(O)C1CC(c2ccc(CN3CCCC3)c(Cl)c2Cl)C1. The molecule has 0 aromatic heterocycles. The zero-order valence-electron chi connectivity index (χ0n) is 11.8. The second-order valence-electron chi connectivity index (χ2n) is 6.13. The van der Waals surface area contributed by atoms with Gasteiger partial charge in [-0.2, -0.15) is 0 Å². The van der Waals surface area contributed by atoms with Crippen molar-refractivity contribution < 1.29 is 9.90 Å². The van der Waals surface area contributed by atoms with E-state index >= 15 is 0 Å². The van der Waals surface area contributed by atoms with E-state index in [1.54, 1.807) is 0 Å². The molecular formula is C16H19Cl2NO2. The highest BCUT2D eigenvalue weighted by molar-refractivity contribution is 6.43. The van der Waals surface area contributed by atoms with E-state index in [1.165, 1.54) is 12.8 Å². The molecule has 114 valence electrons. The highest BCUT2D eigenvalue weighted by Gasteiger charge is 2.36. The van der Waals surface area contributed by atoms with E-state index in [0.717, 1.165) is 30.8 Å². The van der Waals surface area contributed by atoms with Gasteiger partial charge in [0.15, 0.2) is 0 Å². The zero-order chi connectivity index (χ0) is 15.0. The van der Waals surface area contributed by atoms with Gasteiger partial charge < -0.3 is 5.11 Å². The molecule has 1 saturated carbocycles. The van der Waals surface area contributed by atoms with Gasteiger partial charge in [0, 0.05) is 6.54 Å². The average Bonchev–Trinajstić information content (AvgIpc) is 2.88. The number of halogens is 2. The molecule has 3 rings (SSSR count). The molecule has 0 unspecified atom stereocenters. The minimum Gasteiger partial charge on any atom is -0.481 e. The number of carbonyl (C=O) groups is 1. The molecule has 2 fully saturated rings. The second-order valence-corrected chi connectivity index (χ2v) is 6.88. The van der Waals surface area contributed by atoms with E-state index in [4.69, 9.17) is 28.3 Å². The summed E-state index contributed by atoms with van der Waals surface area (Å²) in [6, 6.07) is 4.08. The second kappa shape index (κ2) is 6.15. The fourth-order valence-electron chi connectivity index (χ4n) is 3.30. The molecule has 2 aliphatic rings. The number of benzene rings is 1. The molecule has 1 aromatic rings. The summed E-state index contributed by atoms with van der Waals surface area (Å²) in [6.45, 7) is 3.10. The van der Waals surface area contributed by atoms with Crippen molar-refractivity contribution in [3.63, 3.8) is 0 Å². The molecule has 1 aliphatic heterocycles. The first-order chi connectivity index (χ1) is 10.1. The first-order valence-corrected chi connectivity index (χ1v) is 8.23. The Morgan fingerprint density at radius 2 is 1.86 bits per heavy atom. The third-order valence-corrected chi connectivity index (χ3v) is 5.65. The summed E-state index contributed by atoms with van der Waals surface area (Å²) in [6.07, 6.45) is 3.83. The number of likely N-dealkylation sites (tertiary alicyclic amines) is 1. The van der Waals surface area contributed by atoms with Crippen LogP contribution in [0.25, 0.3) is 0 Å². The van der Waals surface area contributed by atoms with Crippen molar-refractivity contribution in [2.24, 2.45) is 5.92 Å². The fourth-order valence-corrected chi connectivity index (χ4v) is 3.87. The van der Waals surface area contributed by atoms with Crippen LogP contribution in [-0.2, 0) is 11.3 Å². The highest BCUT2D eigenvalue weighted by Crippen LogP contribution is 2.46. The van der Waals surface area contributed by atoms with Gasteiger partial charge in [-0.1, -0.05) is 35.3 Å². The molecule has 0 spiro atoms. The van der Waals surface area contributed by atoms with Gasteiger partial charge in [-0.3, -0.25) is 9.69 Å². The van der Waals surface area contributed by atoms with E-state index in [2.05, 4.69) is 11.0 Å². The number of nitrogens with zero attached hydrogens (tertiary/aromatic N) is 1. The normalized spacial score (nSPS) is 25.8. The van der Waals surface area contributed by atoms with Crippen LogP contribution in [0.1, 0.15) is 42.7 Å². The summed E-state index contributed by atoms with van der Waals surface area (Å²) in [7, 11) is 0. The maximum absolute atomic E-state index is 10.9. The first-order valence-electron chi connectivity index (χ1n) is 7.48. The van der Waals surface area contributed by atoms with E-state index in [-0.39, 0.29) is 11.8 Å². The van der Waals surface area contributed by atoms with Gasteiger partial charge in [0.2, 0.25) is 0 Å². The standard InChI is InChI=1S/C16H19Cl2NO2/c17-14-10(9-19-5-1-2-6-19)3-4-13(15(14)18)11-7-12(8-11)16(20)21/h3-4,11-12H,1-2,5-9H2,(H,20,21). The largest absolute Gasteiger partial charge is 0.481 e. The Kier molecular flexibility index (Phi) is 4.43. The zero-order valence-corrected chi connectivity index (χ0v) is 13.3. The fraction of sp³-hybridized carbons (Fsp3) is 0.562. The maximum atomic E-state index is 10.9. The van der Waals surface area contributed by atoms with Gasteiger partial charge in [0.25, 0.3) is 0 Å². The minimum atomic E-state index is -0.709. The van der Waals surface area contributed by atoms with E-state index in [1.807, 2.05) is 6.07 Å². The van der Waals surface area contributed by atoms with E-state index in [9.17, 15) is 4.79 Å². The third-order valence-electron chi connectivity index (χ3n) is 4.71. The van der Waals surface area contributed by atoms with Crippen LogP contribution in [0.3, 0.4) is 0 Å². The van der Waals surface area contributed by atoms with E-state index in [0.29, 0.717) is 22.9 Å². The lowest BCUT2D eigenvalue weighted by atomic mass is 9.71. The summed E-state index contributed by atoms with van der Waals surface area (Å²) in [5, 5.41) is 10.2. The number of aliphatic carboxylic acids is 1. The van der Waals surface area contributed by atoms with Crippen molar-refractivity contribution >= 4 is 29.2 Å². The van der Waals surface area contributed by atoms with Crippen LogP contribution in [0.2, 0.25) is 10.0 Å². The van der Waals surface area contributed by atoms with Crippen molar-refractivity contribution in [1.82, 2.24) is 4.90 Å². The predicted octanol–water partition coefficient (Wildman–Crippen LogP) is 4.17. The lowest BCUT2D eigenvalue weighted by molar-refractivity contribution is -0.145. The van der Waals surface area contributed by atoms with E-state index < -0.39 is 5.97 Å². The van der Waals surface area contributed by atoms with Crippen molar-refractivity contribution in [1.29, 1.82) is 0 Å². The average molecular weight is 328 g/mol. The Balaban J connectivity index is 1.72. The molecule has 0 amide bonds. The van der Waals surface area contributed by atoms with Gasteiger partial charge in [-0.05, 0) is 55.8 Å². The van der Waals surface area contributed by atoms with Crippen LogP contribution in [-0.4, -0.2) is 29.1 Å². The molecule has 0 radical (unpaired) electrons. The van der Waals surface area contributed by atoms with Gasteiger partial charge in [0.05, 0.1) is 16.0 Å². The monoisotopic (exact) mass is 327 g/mol. The van der Waals surface area contributed by atoms with Gasteiger partial charge in [-0.25, -0.2) is 0 Å². The molecule has 5 heteroatoms. The Labute approximate surface area is 134 Å². The summed E-state index contributed by atoms with van der Waals surface area (Å²) < 4.78 is 0. The van der Waals surface area contributed by atoms with Crippen LogP contribution in [0.4, 0.5) is 0 Å². The summed E-state index contributed by atoms with van der Waals surface area (Å²) in [5.41, 5.74) is 2.07. The van der Waals surface area contributed by atoms with Crippen LogP contribution in [0.5, 0.6) is 0 Å². The maximum Gasteiger partial charge on any atom is 0.306 e. The summed E-state index contributed by atoms with van der Waals surface area (Å²) in [5.74, 6) is -0.704. The number of carboxylic acid groups (broad SMARTS) is 1. The molecule has 0 bridgehead atoms. The number of hydrogen-bond acceptors (Lipinski definition) is 2. The smallest absolute Gasteiger partial charge is 0.306 e. The molecule has 0 atom stereocenters. The van der Waals surface area contributed by atoms with Gasteiger partial charge >= 0.3 is 5.97 Å². The Morgan fingerprint density at radius 1 is 1.19 bits per heavy atom. The minimum absolute atomic E-state index is 0.228. The lowest BCUT2D eigenvalue weighted by Crippen LogP contribution is -2.29.